The number of aliphatic hydroxyl groups excluding tert-OH is 1. The zero-order valence-corrected chi connectivity index (χ0v) is 24.7. The van der Waals surface area contributed by atoms with Crippen molar-refractivity contribution in [1.82, 2.24) is 14.8 Å². The molecule has 2 aromatic carbocycles. The van der Waals surface area contributed by atoms with Gasteiger partial charge in [-0.1, -0.05) is 6.07 Å². The van der Waals surface area contributed by atoms with E-state index in [1.165, 1.54) is 34.8 Å². The number of benzene rings is 2. The number of hydrogen-bond donors (Lipinski definition) is 3. The highest BCUT2D eigenvalue weighted by Gasteiger charge is 2.30. The van der Waals surface area contributed by atoms with Gasteiger partial charge >= 0.3 is 0 Å². The Hall–Kier alpha value is -3.33. The summed E-state index contributed by atoms with van der Waals surface area (Å²) in [5, 5.41) is 31.4. The molecule has 1 fully saturated rings. The van der Waals surface area contributed by atoms with Gasteiger partial charge in [0.25, 0.3) is 0 Å². The van der Waals surface area contributed by atoms with Crippen LogP contribution in [0.1, 0.15) is 46.5 Å². The minimum Gasteiger partial charge on any atom is -0.363 e. The SMILES string of the molecule is Cc1ccc(-c2cc(-c3nn(-c4nc(C(O)O)cs4)c(CC4CC4)c3Cc3ccc(S(N)(=O)=O)c(F)c3)ccc2F)s1. The van der Waals surface area contributed by atoms with E-state index in [1.807, 2.05) is 19.1 Å². The third-order valence-corrected chi connectivity index (χ3v) is 9.97. The van der Waals surface area contributed by atoms with Gasteiger partial charge in [0.05, 0.1) is 11.4 Å². The third kappa shape index (κ3) is 5.80. The summed E-state index contributed by atoms with van der Waals surface area (Å²) in [6.07, 6.45) is 1.17. The molecule has 42 heavy (non-hydrogen) atoms. The van der Waals surface area contributed by atoms with Gasteiger partial charge in [-0.05, 0) is 80.1 Å². The molecule has 0 amide bonds. The molecule has 0 aliphatic heterocycles. The maximum absolute atomic E-state index is 15.0. The fourth-order valence-corrected chi connectivity index (χ4v) is 7.17. The molecule has 218 valence electrons. The molecule has 4 N–H and O–H groups in total. The summed E-state index contributed by atoms with van der Waals surface area (Å²) in [4.78, 5) is 5.60. The predicted octanol–water partition coefficient (Wildman–Crippen LogP) is 5.48. The van der Waals surface area contributed by atoms with Crippen molar-refractivity contribution < 1.29 is 27.4 Å². The summed E-state index contributed by atoms with van der Waals surface area (Å²) in [6.45, 7) is 1.95. The second-order valence-electron chi connectivity index (χ2n) is 10.4. The summed E-state index contributed by atoms with van der Waals surface area (Å²) in [7, 11) is -4.23. The molecule has 5 aromatic rings. The molecule has 1 aliphatic rings. The van der Waals surface area contributed by atoms with E-state index >= 15 is 4.39 Å². The van der Waals surface area contributed by atoms with Crippen LogP contribution >= 0.6 is 22.7 Å². The van der Waals surface area contributed by atoms with E-state index in [1.54, 1.807) is 22.2 Å². The highest BCUT2D eigenvalue weighted by molar-refractivity contribution is 7.89. The molecule has 0 atom stereocenters. The number of aromatic nitrogens is 3. The average Bonchev–Trinajstić information content (AvgIpc) is 3.27. The number of thiophene rings is 1. The lowest BCUT2D eigenvalue weighted by molar-refractivity contribution is -0.0454. The van der Waals surface area contributed by atoms with Crippen molar-refractivity contribution in [2.45, 2.75) is 43.8 Å². The lowest BCUT2D eigenvalue weighted by atomic mass is 9.96. The van der Waals surface area contributed by atoms with Crippen LogP contribution in [-0.2, 0) is 22.9 Å². The maximum atomic E-state index is 15.0. The quantitative estimate of drug-likeness (QED) is 0.185. The molecule has 1 saturated carbocycles. The number of halogens is 2. The molecule has 13 heteroatoms. The number of rotatable bonds is 9. The molecule has 1 aliphatic carbocycles. The van der Waals surface area contributed by atoms with Crippen molar-refractivity contribution >= 4 is 32.7 Å². The molecule has 3 aromatic heterocycles. The second kappa shape index (κ2) is 11.1. The summed E-state index contributed by atoms with van der Waals surface area (Å²) < 4.78 is 55.1. The zero-order chi connectivity index (χ0) is 29.8. The van der Waals surface area contributed by atoms with E-state index in [9.17, 15) is 23.0 Å². The highest BCUT2D eigenvalue weighted by atomic mass is 32.2. The number of sulfonamides is 1. The lowest BCUT2D eigenvalue weighted by Crippen LogP contribution is -2.14. The Morgan fingerprint density at radius 3 is 2.50 bits per heavy atom. The van der Waals surface area contributed by atoms with E-state index in [4.69, 9.17) is 10.2 Å². The van der Waals surface area contributed by atoms with Gasteiger partial charge < -0.3 is 10.2 Å². The van der Waals surface area contributed by atoms with Crippen molar-refractivity contribution in [3.8, 4) is 26.8 Å². The fraction of sp³-hybridized carbons (Fsp3) is 0.241. The first-order chi connectivity index (χ1) is 20.0. The molecule has 6 rings (SSSR count). The highest BCUT2D eigenvalue weighted by Crippen LogP contribution is 2.40. The van der Waals surface area contributed by atoms with Gasteiger partial charge in [0.2, 0.25) is 15.2 Å². The van der Waals surface area contributed by atoms with Gasteiger partial charge in [-0.3, -0.25) is 0 Å². The first-order valence-electron chi connectivity index (χ1n) is 13.1. The van der Waals surface area contributed by atoms with E-state index in [0.29, 0.717) is 39.9 Å². The molecular formula is C29H26F2N4O4S3. The molecule has 0 saturated heterocycles. The second-order valence-corrected chi connectivity index (χ2v) is 14.0. The molecule has 0 radical (unpaired) electrons. The Bertz CT molecular complexity index is 1910. The van der Waals surface area contributed by atoms with E-state index < -0.39 is 27.0 Å². The summed E-state index contributed by atoms with van der Waals surface area (Å²) in [6, 6.07) is 12.4. The number of aliphatic hydroxyl groups is 2. The smallest absolute Gasteiger partial charge is 0.240 e. The minimum atomic E-state index is -4.23. The van der Waals surface area contributed by atoms with Crippen molar-refractivity contribution in [2.75, 3.05) is 0 Å². The van der Waals surface area contributed by atoms with Gasteiger partial charge in [-0.2, -0.15) is 5.10 Å². The van der Waals surface area contributed by atoms with Crippen LogP contribution in [0.25, 0.3) is 26.8 Å². The van der Waals surface area contributed by atoms with Crippen molar-refractivity contribution in [3.05, 3.63) is 92.9 Å². The van der Waals surface area contributed by atoms with Gasteiger partial charge in [0.15, 0.2) is 6.29 Å². The largest absolute Gasteiger partial charge is 0.363 e. The third-order valence-electron chi connectivity index (χ3n) is 7.15. The standard InChI is InChI=1S/C29H26F2N4O4S3/c1-15-2-8-25(41-15)19-13-18(6-7-21(19)30)27-20(10-17-5-9-26(22(31)11-17)42(32,38)39)24(12-16-3-4-16)35(34-27)29-33-23(14-40-29)28(36)37/h2,5-9,11,13-14,16,28,36-37H,3-4,10,12H2,1H3,(H2,32,38,39). The van der Waals surface area contributed by atoms with Crippen LogP contribution in [0.2, 0.25) is 0 Å². The Morgan fingerprint density at radius 1 is 1.10 bits per heavy atom. The van der Waals surface area contributed by atoms with Crippen LogP contribution in [0, 0.1) is 24.5 Å². The Morgan fingerprint density at radius 2 is 1.88 bits per heavy atom. The van der Waals surface area contributed by atoms with Crippen molar-refractivity contribution in [2.24, 2.45) is 11.1 Å². The van der Waals surface area contributed by atoms with Gasteiger partial charge in [0.1, 0.15) is 22.2 Å². The zero-order valence-electron chi connectivity index (χ0n) is 22.3. The van der Waals surface area contributed by atoms with Crippen molar-refractivity contribution in [3.63, 3.8) is 0 Å². The van der Waals surface area contributed by atoms with E-state index in [0.717, 1.165) is 46.0 Å². The minimum absolute atomic E-state index is 0.0868. The van der Waals surface area contributed by atoms with Crippen LogP contribution in [-0.4, -0.2) is 33.4 Å². The summed E-state index contributed by atoms with van der Waals surface area (Å²) >= 11 is 2.67. The number of aryl methyl sites for hydroxylation is 1. The molecule has 0 spiro atoms. The number of thiazole rings is 1. The Kier molecular flexibility index (Phi) is 7.58. The van der Waals surface area contributed by atoms with Gasteiger partial charge in [0, 0.05) is 38.2 Å². The Labute approximate surface area is 248 Å². The first kappa shape index (κ1) is 28.8. The van der Waals surface area contributed by atoms with Crippen LogP contribution in [0.15, 0.2) is 58.8 Å². The summed E-state index contributed by atoms with van der Waals surface area (Å²) in [5.41, 5.74) is 3.77. The van der Waals surface area contributed by atoms with Gasteiger partial charge in [-0.25, -0.2) is 32.0 Å². The summed E-state index contributed by atoms with van der Waals surface area (Å²) in [5.74, 6) is -0.914. The number of primary sulfonamides is 1. The molecule has 0 unspecified atom stereocenters. The number of nitrogens with zero attached hydrogens (tertiary/aromatic N) is 3. The molecule has 8 nitrogen and oxygen atoms in total. The molecular weight excluding hydrogens is 603 g/mol. The maximum Gasteiger partial charge on any atom is 0.240 e. The van der Waals surface area contributed by atoms with Crippen LogP contribution < -0.4 is 5.14 Å². The van der Waals surface area contributed by atoms with E-state index in [-0.39, 0.29) is 17.9 Å². The topological polar surface area (TPSA) is 131 Å². The lowest BCUT2D eigenvalue weighted by Gasteiger charge is -2.10. The van der Waals surface area contributed by atoms with Crippen LogP contribution in [0.5, 0.6) is 0 Å². The first-order valence-corrected chi connectivity index (χ1v) is 16.3. The van der Waals surface area contributed by atoms with Crippen molar-refractivity contribution in [1.29, 1.82) is 0 Å². The predicted molar refractivity (Wildman–Crippen MR) is 157 cm³/mol. The van der Waals surface area contributed by atoms with E-state index in [2.05, 4.69) is 4.98 Å². The molecule has 3 heterocycles. The number of nitrogens with two attached hydrogens (primary N) is 1. The van der Waals surface area contributed by atoms with Crippen LogP contribution in [0.3, 0.4) is 0 Å². The normalized spacial score (nSPS) is 13.8. The van der Waals surface area contributed by atoms with Crippen LogP contribution in [0.4, 0.5) is 8.78 Å². The molecule has 0 bridgehead atoms. The fourth-order valence-electron chi connectivity index (χ4n) is 4.89. The number of hydrogen-bond acceptors (Lipinski definition) is 8. The monoisotopic (exact) mass is 628 g/mol. The van der Waals surface area contributed by atoms with Gasteiger partial charge in [-0.15, -0.1) is 22.7 Å². The Balaban J connectivity index is 1.54. The average molecular weight is 629 g/mol.